The minimum absolute atomic E-state index is 0.152. The molecule has 1 aromatic carbocycles. The number of para-hydroxylation sites is 1. The number of ether oxygens (including phenoxy) is 3. The number of aliphatic hydroxyl groups is 4. The summed E-state index contributed by atoms with van der Waals surface area (Å²) >= 11 is 0. The first kappa shape index (κ1) is 32.1. The number of nitrogens with one attached hydrogen (secondary N) is 1. The molecule has 0 aromatic heterocycles. The van der Waals surface area contributed by atoms with Gasteiger partial charge in [0.25, 0.3) is 0 Å². The Morgan fingerprint density at radius 3 is 2.47 bits per heavy atom. The molecule has 11 nitrogen and oxygen atoms in total. The van der Waals surface area contributed by atoms with Crippen LogP contribution in [0.25, 0.3) is 0 Å². The zero-order valence-electron chi connectivity index (χ0n) is 26.7. The number of fused-ring (bicyclic) bond motifs is 7. The van der Waals surface area contributed by atoms with E-state index in [1.807, 2.05) is 20.8 Å². The number of hydrogen-bond acceptors (Lipinski definition) is 11. The Bertz CT molecular complexity index is 1460. The van der Waals surface area contributed by atoms with E-state index in [0.717, 1.165) is 12.8 Å². The molecule has 1 saturated heterocycles. The van der Waals surface area contributed by atoms with Gasteiger partial charge in [-0.15, -0.1) is 0 Å². The first-order chi connectivity index (χ1) is 21.2. The largest absolute Gasteiger partial charge is 0.454 e. The van der Waals surface area contributed by atoms with Crippen molar-refractivity contribution in [2.24, 2.45) is 29.1 Å². The lowest BCUT2D eigenvalue weighted by molar-refractivity contribution is -0.239. The summed E-state index contributed by atoms with van der Waals surface area (Å²) in [6.07, 6.45) is -0.0621. The minimum Gasteiger partial charge on any atom is -0.454 e. The van der Waals surface area contributed by atoms with E-state index in [2.05, 4.69) is 5.32 Å². The maximum absolute atomic E-state index is 13.9. The van der Waals surface area contributed by atoms with Gasteiger partial charge in [0, 0.05) is 48.2 Å². The lowest BCUT2D eigenvalue weighted by atomic mass is 9.58. The predicted octanol–water partition coefficient (Wildman–Crippen LogP) is 2.15. The summed E-state index contributed by atoms with van der Waals surface area (Å²) in [5.41, 5.74) is -7.60. The molecule has 0 bridgehead atoms. The fourth-order valence-electron chi connectivity index (χ4n) is 9.48. The number of epoxide rings is 1. The third-order valence-corrected chi connectivity index (χ3v) is 11.9. The number of hydrogen-bond donors (Lipinski definition) is 5. The van der Waals surface area contributed by atoms with E-state index in [0.29, 0.717) is 12.1 Å². The van der Waals surface area contributed by atoms with E-state index in [-0.39, 0.29) is 17.6 Å². The molecule has 1 aliphatic heterocycles. The molecule has 45 heavy (non-hydrogen) atoms. The van der Waals surface area contributed by atoms with Crippen LogP contribution in [0.1, 0.15) is 70.7 Å². The summed E-state index contributed by atoms with van der Waals surface area (Å²) in [4.78, 5) is 40.9. The summed E-state index contributed by atoms with van der Waals surface area (Å²) < 4.78 is 18.7. The van der Waals surface area contributed by atoms with Crippen LogP contribution in [-0.4, -0.2) is 92.5 Å². The van der Waals surface area contributed by atoms with Gasteiger partial charge >= 0.3 is 11.9 Å². The Morgan fingerprint density at radius 1 is 1.13 bits per heavy atom. The second kappa shape index (κ2) is 10.3. The molecule has 3 saturated carbocycles. The maximum atomic E-state index is 13.9. The van der Waals surface area contributed by atoms with E-state index in [9.17, 15) is 34.8 Å². The molecule has 5 N–H and O–H groups in total. The summed E-state index contributed by atoms with van der Waals surface area (Å²) in [5.74, 6) is -5.89. The van der Waals surface area contributed by atoms with Gasteiger partial charge in [0.2, 0.25) is 0 Å². The Balaban J connectivity index is 1.51. The second-order valence-corrected chi connectivity index (χ2v) is 14.3. The average Bonchev–Trinajstić information content (AvgIpc) is 3.84. The molecule has 1 aromatic rings. The van der Waals surface area contributed by atoms with Gasteiger partial charge < -0.3 is 40.0 Å². The lowest BCUT2D eigenvalue weighted by Gasteiger charge is -2.53. The fraction of sp³-hybridized carbons (Fsp3) is 0.676. The van der Waals surface area contributed by atoms with Crippen molar-refractivity contribution in [3.63, 3.8) is 0 Å². The quantitative estimate of drug-likeness (QED) is 0.154. The highest BCUT2D eigenvalue weighted by molar-refractivity contribution is 6.05. The van der Waals surface area contributed by atoms with Crippen LogP contribution in [0.4, 0.5) is 5.69 Å². The molecule has 0 spiro atoms. The summed E-state index contributed by atoms with van der Waals surface area (Å²) in [7, 11) is 1.68. The van der Waals surface area contributed by atoms with Crippen molar-refractivity contribution in [3.8, 4) is 0 Å². The second-order valence-electron chi connectivity index (χ2n) is 14.3. The van der Waals surface area contributed by atoms with Crippen LogP contribution in [0, 0.1) is 29.1 Å². The number of carbonyl (C=O) groups is 3. The van der Waals surface area contributed by atoms with Crippen LogP contribution in [0.15, 0.2) is 35.9 Å². The highest BCUT2D eigenvalue weighted by Crippen LogP contribution is 2.80. The number of benzene rings is 1. The smallest absolute Gasteiger partial charge is 0.340 e. The first-order valence-electron chi connectivity index (χ1n) is 16.0. The molecule has 0 radical (unpaired) electrons. The predicted molar refractivity (Wildman–Crippen MR) is 161 cm³/mol. The highest BCUT2D eigenvalue weighted by atomic mass is 16.6. The number of unbranched alkanes of at least 4 members (excludes halogenated alkanes) is 2. The third-order valence-electron chi connectivity index (χ3n) is 11.9. The molecule has 0 amide bonds. The number of rotatable bonds is 9. The summed E-state index contributed by atoms with van der Waals surface area (Å²) in [5, 5.41) is 50.3. The summed E-state index contributed by atoms with van der Waals surface area (Å²) in [6.45, 7) is 8.21. The number of ketones is 1. The van der Waals surface area contributed by atoms with Crippen molar-refractivity contribution >= 4 is 23.4 Å². The van der Waals surface area contributed by atoms with Crippen molar-refractivity contribution in [2.75, 3.05) is 19.0 Å². The molecule has 4 aliphatic carbocycles. The molecule has 11 heteroatoms. The van der Waals surface area contributed by atoms with Gasteiger partial charge in [0.15, 0.2) is 17.0 Å². The lowest BCUT2D eigenvalue weighted by Crippen LogP contribution is -2.69. The molecule has 246 valence electrons. The number of esters is 2. The van der Waals surface area contributed by atoms with E-state index < -0.39 is 94.1 Å². The van der Waals surface area contributed by atoms with Crippen LogP contribution >= 0.6 is 0 Å². The first-order valence-corrected chi connectivity index (χ1v) is 16.0. The molecule has 1 heterocycles. The highest BCUT2D eigenvalue weighted by Gasteiger charge is 2.93. The topological polar surface area (TPSA) is 175 Å². The molecule has 11 atom stereocenters. The van der Waals surface area contributed by atoms with Gasteiger partial charge in [-0.1, -0.05) is 58.7 Å². The average molecular weight is 628 g/mol. The fourth-order valence-corrected chi connectivity index (χ4v) is 9.48. The van der Waals surface area contributed by atoms with Crippen molar-refractivity contribution in [2.45, 2.75) is 101 Å². The zero-order valence-corrected chi connectivity index (χ0v) is 26.7. The van der Waals surface area contributed by atoms with Crippen molar-refractivity contribution in [3.05, 3.63) is 41.5 Å². The van der Waals surface area contributed by atoms with Crippen molar-refractivity contribution < 1.29 is 49.0 Å². The standard InChI is InChI=1S/C34H45NO10/c1-7-8-9-14-22(37)44-34-24(30(34,4)5)23-27-31(16-36,45-27)29(40)33(42)21(15-17(2)25(33)38)32(23,41)18(3)26(34)43-28(39)19-12-10-11-13-20(19)35-6/h10-13,15,18,21,23-24,26-27,29,35-36,40-42H,7-9,14,16H2,1-6H3/t18-,21+,23-,24+,26?,27?,29?,31?,32?,33?,34?/m1/s1. The number of Topliss-reactive ketones (excluding diaryl/α,β-unsaturated/α-hetero) is 1. The van der Waals surface area contributed by atoms with Gasteiger partial charge in [0.1, 0.15) is 17.8 Å². The van der Waals surface area contributed by atoms with E-state index >= 15 is 0 Å². The minimum atomic E-state index is -2.51. The van der Waals surface area contributed by atoms with Crippen LogP contribution in [0.3, 0.4) is 0 Å². The van der Waals surface area contributed by atoms with E-state index in [4.69, 9.17) is 14.2 Å². The number of anilines is 1. The Morgan fingerprint density at radius 2 is 1.82 bits per heavy atom. The molecular weight excluding hydrogens is 582 g/mol. The van der Waals surface area contributed by atoms with E-state index in [1.54, 1.807) is 38.2 Å². The van der Waals surface area contributed by atoms with Gasteiger partial charge in [-0.2, -0.15) is 0 Å². The molecule has 5 aliphatic rings. The van der Waals surface area contributed by atoms with Crippen LogP contribution < -0.4 is 5.32 Å². The van der Waals surface area contributed by atoms with Gasteiger partial charge in [0.05, 0.1) is 23.9 Å². The normalized spacial score (nSPS) is 43.5. The third kappa shape index (κ3) is 3.91. The molecule has 4 fully saturated rings. The Labute approximate surface area is 262 Å². The van der Waals surface area contributed by atoms with Gasteiger partial charge in [-0.25, -0.2) is 4.79 Å². The van der Waals surface area contributed by atoms with Crippen molar-refractivity contribution in [1.29, 1.82) is 0 Å². The van der Waals surface area contributed by atoms with E-state index in [1.165, 1.54) is 13.0 Å². The SMILES string of the molecule is CCCCCC(=O)OC12C(OC(=O)c3ccccc3NC)[C@@H](C)C3(O)[C@@H]4C=C(C)C(=O)C4(O)C(O)C4(CO)OC4[C@H]3[C@H]1C2(C)C. The van der Waals surface area contributed by atoms with Crippen LogP contribution in [0.5, 0.6) is 0 Å². The monoisotopic (exact) mass is 627 g/mol. The molecule has 6 rings (SSSR count). The Hall–Kier alpha value is -2.83. The Kier molecular flexibility index (Phi) is 7.38. The number of carbonyl (C=O) groups excluding carboxylic acids is 3. The molecular formula is C34H45NO10. The zero-order chi connectivity index (χ0) is 32.9. The van der Waals surface area contributed by atoms with Gasteiger partial charge in [-0.05, 0) is 31.1 Å². The van der Waals surface area contributed by atoms with Crippen molar-refractivity contribution in [1.82, 2.24) is 0 Å². The summed E-state index contributed by atoms with van der Waals surface area (Å²) in [6, 6.07) is 6.79. The maximum Gasteiger partial charge on any atom is 0.340 e. The van der Waals surface area contributed by atoms with Gasteiger partial charge in [-0.3, -0.25) is 9.59 Å². The number of aliphatic hydroxyl groups excluding tert-OH is 2. The van der Waals surface area contributed by atoms with Crippen LogP contribution in [0.2, 0.25) is 0 Å². The molecule has 7 unspecified atom stereocenters. The van der Waals surface area contributed by atoms with Crippen LogP contribution in [-0.2, 0) is 23.8 Å².